The Kier molecular flexibility index (Phi) is 5.21. The Labute approximate surface area is 136 Å². The highest BCUT2D eigenvalue weighted by Gasteiger charge is 2.19. The van der Waals surface area contributed by atoms with E-state index in [1.807, 2.05) is 12.1 Å². The zero-order chi connectivity index (χ0) is 15.5. The molecule has 0 aliphatic heterocycles. The summed E-state index contributed by atoms with van der Waals surface area (Å²) in [4.78, 5) is 3.78. The molecule has 2 aromatic rings. The van der Waals surface area contributed by atoms with Gasteiger partial charge in [0.05, 0.1) is 11.6 Å². The summed E-state index contributed by atoms with van der Waals surface area (Å²) in [5, 5.41) is 5.37. The summed E-state index contributed by atoms with van der Waals surface area (Å²) in [6.45, 7) is 0.272. The quantitative estimate of drug-likeness (QED) is 0.849. The first kappa shape index (κ1) is 16.2. The second-order valence-electron chi connectivity index (χ2n) is 4.21. The Hall–Kier alpha value is -1.15. The molecule has 2 rings (SSSR count). The van der Waals surface area contributed by atoms with Gasteiger partial charge in [0, 0.05) is 23.3 Å². The van der Waals surface area contributed by atoms with Crippen LogP contribution in [0.5, 0.6) is 5.75 Å². The maximum atomic E-state index is 11.6. The van der Waals surface area contributed by atoms with Gasteiger partial charge in [-0.3, -0.25) is 4.98 Å². The number of halogens is 2. The normalized spacial score (nSPS) is 11.4. The molecular formula is C13H12BrClN2O3S. The maximum absolute atomic E-state index is 11.6. The third-order valence-corrected chi connectivity index (χ3v) is 4.32. The van der Waals surface area contributed by atoms with Gasteiger partial charge in [0.1, 0.15) is 4.90 Å². The average Bonchev–Trinajstić information content (AvgIpc) is 2.41. The second-order valence-corrected chi connectivity index (χ2v) is 7.07. The molecular weight excluding hydrogens is 380 g/mol. The number of primary sulfonamides is 1. The lowest BCUT2D eigenvalue weighted by Gasteiger charge is -2.12. The van der Waals surface area contributed by atoms with Crippen LogP contribution in [0.15, 0.2) is 46.0 Å². The Bertz CT molecular complexity index is 739. The number of nitrogens with zero attached hydrogens (tertiary/aromatic N) is 1. The van der Waals surface area contributed by atoms with E-state index < -0.39 is 10.0 Å². The number of hydrogen-bond acceptors (Lipinski definition) is 4. The van der Waals surface area contributed by atoms with Crippen molar-refractivity contribution in [2.24, 2.45) is 5.14 Å². The van der Waals surface area contributed by atoms with Crippen molar-refractivity contribution in [1.82, 2.24) is 4.98 Å². The van der Waals surface area contributed by atoms with E-state index in [1.165, 1.54) is 6.07 Å². The molecule has 5 nitrogen and oxygen atoms in total. The van der Waals surface area contributed by atoms with E-state index in [0.717, 1.165) is 5.56 Å². The fourth-order valence-corrected chi connectivity index (χ4v) is 3.50. The van der Waals surface area contributed by atoms with Gasteiger partial charge >= 0.3 is 0 Å². The highest BCUT2D eigenvalue weighted by atomic mass is 79.9. The van der Waals surface area contributed by atoms with Crippen molar-refractivity contribution in [2.75, 3.05) is 6.61 Å². The molecule has 0 radical (unpaired) electrons. The minimum atomic E-state index is -3.92. The lowest BCUT2D eigenvalue weighted by atomic mass is 10.2. The van der Waals surface area contributed by atoms with Gasteiger partial charge < -0.3 is 4.74 Å². The van der Waals surface area contributed by atoms with Gasteiger partial charge in [-0.05, 0) is 29.8 Å². The third-order valence-electron chi connectivity index (χ3n) is 2.67. The van der Waals surface area contributed by atoms with E-state index in [0.29, 0.717) is 10.9 Å². The molecule has 0 aliphatic carbocycles. The first-order chi connectivity index (χ1) is 9.88. The number of aromatic nitrogens is 1. The third kappa shape index (κ3) is 4.41. The Morgan fingerprint density at radius 2 is 1.95 bits per heavy atom. The standard InChI is InChI=1S/C13H12BrClN2O3S/c14-10-7-11(15)13(12(8-10)21(16,18)19)20-6-3-9-1-4-17-5-2-9/h1-2,4-5,7-8H,3,6H2,(H2,16,18,19). The molecule has 0 fully saturated rings. The predicted molar refractivity (Wildman–Crippen MR) is 84.0 cm³/mol. The van der Waals surface area contributed by atoms with Crippen molar-refractivity contribution in [1.29, 1.82) is 0 Å². The Balaban J connectivity index is 2.20. The minimum Gasteiger partial charge on any atom is -0.490 e. The van der Waals surface area contributed by atoms with Crippen LogP contribution in [0.1, 0.15) is 5.56 Å². The fourth-order valence-electron chi connectivity index (χ4n) is 1.71. The van der Waals surface area contributed by atoms with E-state index in [2.05, 4.69) is 20.9 Å². The number of hydrogen-bond donors (Lipinski definition) is 1. The van der Waals surface area contributed by atoms with Crippen LogP contribution in [0, 0.1) is 0 Å². The highest BCUT2D eigenvalue weighted by molar-refractivity contribution is 9.10. The van der Waals surface area contributed by atoms with Crippen molar-refractivity contribution < 1.29 is 13.2 Å². The number of nitrogens with two attached hydrogens (primary N) is 1. The van der Waals surface area contributed by atoms with Crippen molar-refractivity contribution >= 4 is 37.6 Å². The molecule has 112 valence electrons. The number of benzene rings is 1. The molecule has 0 unspecified atom stereocenters. The Morgan fingerprint density at radius 1 is 1.29 bits per heavy atom. The van der Waals surface area contributed by atoms with Crippen LogP contribution < -0.4 is 9.88 Å². The van der Waals surface area contributed by atoms with Gasteiger partial charge in [-0.1, -0.05) is 27.5 Å². The molecule has 2 N–H and O–H groups in total. The van der Waals surface area contributed by atoms with E-state index in [-0.39, 0.29) is 22.3 Å². The van der Waals surface area contributed by atoms with Crippen molar-refractivity contribution in [3.63, 3.8) is 0 Å². The fraction of sp³-hybridized carbons (Fsp3) is 0.154. The van der Waals surface area contributed by atoms with Gasteiger partial charge in [-0.15, -0.1) is 0 Å². The van der Waals surface area contributed by atoms with Crippen LogP contribution in [-0.2, 0) is 16.4 Å². The predicted octanol–water partition coefficient (Wildman–Crippen LogP) is 2.77. The van der Waals surface area contributed by atoms with Crippen LogP contribution >= 0.6 is 27.5 Å². The monoisotopic (exact) mass is 390 g/mol. The van der Waals surface area contributed by atoms with Crippen LogP contribution in [-0.4, -0.2) is 20.0 Å². The smallest absolute Gasteiger partial charge is 0.241 e. The van der Waals surface area contributed by atoms with Crippen molar-refractivity contribution in [3.8, 4) is 5.75 Å². The summed E-state index contributed by atoms with van der Waals surface area (Å²) in [6, 6.07) is 6.63. The topological polar surface area (TPSA) is 82.3 Å². The van der Waals surface area contributed by atoms with Crippen LogP contribution in [0.2, 0.25) is 5.02 Å². The largest absolute Gasteiger partial charge is 0.490 e. The molecule has 0 saturated heterocycles. The van der Waals surface area contributed by atoms with E-state index in [1.54, 1.807) is 18.5 Å². The molecule has 0 aliphatic rings. The second kappa shape index (κ2) is 6.74. The summed E-state index contributed by atoms with van der Waals surface area (Å²) >= 11 is 9.22. The lowest BCUT2D eigenvalue weighted by Crippen LogP contribution is -2.15. The first-order valence-electron chi connectivity index (χ1n) is 5.91. The number of sulfonamides is 1. The summed E-state index contributed by atoms with van der Waals surface area (Å²) in [5.74, 6) is 0.0661. The van der Waals surface area contributed by atoms with Gasteiger partial charge in [0.25, 0.3) is 0 Å². The molecule has 0 bridgehead atoms. The summed E-state index contributed by atoms with van der Waals surface area (Å²) in [5.41, 5.74) is 1.02. The first-order valence-corrected chi connectivity index (χ1v) is 8.63. The molecule has 0 saturated carbocycles. The van der Waals surface area contributed by atoms with Gasteiger partial charge in [-0.2, -0.15) is 0 Å². The molecule has 0 atom stereocenters. The Morgan fingerprint density at radius 3 is 2.57 bits per heavy atom. The number of ether oxygens (including phenoxy) is 1. The summed E-state index contributed by atoms with van der Waals surface area (Å²) < 4.78 is 29.2. The van der Waals surface area contributed by atoms with Gasteiger partial charge in [-0.25, -0.2) is 13.6 Å². The zero-order valence-corrected chi connectivity index (χ0v) is 14.0. The van der Waals surface area contributed by atoms with Crippen LogP contribution in [0.4, 0.5) is 0 Å². The average molecular weight is 392 g/mol. The molecule has 1 aromatic carbocycles. The number of pyridine rings is 1. The van der Waals surface area contributed by atoms with E-state index >= 15 is 0 Å². The lowest BCUT2D eigenvalue weighted by molar-refractivity contribution is 0.313. The molecule has 8 heteroatoms. The van der Waals surface area contributed by atoms with Crippen LogP contribution in [0.25, 0.3) is 0 Å². The minimum absolute atomic E-state index is 0.0661. The van der Waals surface area contributed by atoms with Crippen LogP contribution in [0.3, 0.4) is 0 Å². The zero-order valence-electron chi connectivity index (χ0n) is 10.8. The molecule has 1 aromatic heterocycles. The number of rotatable bonds is 5. The van der Waals surface area contributed by atoms with Crippen molar-refractivity contribution in [2.45, 2.75) is 11.3 Å². The molecule has 0 spiro atoms. The molecule has 1 heterocycles. The molecule has 21 heavy (non-hydrogen) atoms. The highest BCUT2D eigenvalue weighted by Crippen LogP contribution is 2.35. The maximum Gasteiger partial charge on any atom is 0.241 e. The van der Waals surface area contributed by atoms with E-state index in [4.69, 9.17) is 21.5 Å². The SMILES string of the molecule is NS(=O)(=O)c1cc(Br)cc(Cl)c1OCCc1ccncc1. The molecule has 0 amide bonds. The van der Waals surface area contributed by atoms with Gasteiger partial charge in [0.2, 0.25) is 10.0 Å². The summed E-state index contributed by atoms with van der Waals surface area (Å²) in [7, 11) is -3.92. The van der Waals surface area contributed by atoms with E-state index in [9.17, 15) is 8.42 Å². The summed E-state index contributed by atoms with van der Waals surface area (Å²) in [6.07, 6.45) is 3.95. The van der Waals surface area contributed by atoms with Gasteiger partial charge in [0.15, 0.2) is 5.75 Å². The van der Waals surface area contributed by atoms with Crippen molar-refractivity contribution in [3.05, 3.63) is 51.7 Å².